The average Bonchev–Trinajstić information content (AvgIpc) is 3.17. The Kier molecular flexibility index (Phi) is 4.16. The minimum absolute atomic E-state index is 0.0394. The highest BCUT2D eigenvalue weighted by atomic mass is 16.2. The smallest absolute Gasteiger partial charge is 0.244 e. The number of nitrogens with one attached hydrogen (secondary N) is 2. The van der Waals surface area contributed by atoms with E-state index in [2.05, 4.69) is 10.6 Å². The van der Waals surface area contributed by atoms with E-state index >= 15 is 0 Å². The van der Waals surface area contributed by atoms with Gasteiger partial charge in [0.2, 0.25) is 11.8 Å². The summed E-state index contributed by atoms with van der Waals surface area (Å²) in [6, 6.07) is 7.55. The van der Waals surface area contributed by atoms with Crippen molar-refractivity contribution < 1.29 is 9.59 Å². The number of carbonyl (C=O) groups excluding carboxylic acids is 2. The van der Waals surface area contributed by atoms with Crippen LogP contribution >= 0.6 is 0 Å². The molecular weight excluding hydrogens is 278 g/mol. The highest BCUT2D eigenvalue weighted by molar-refractivity contribution is 5.99. The Labute approximate surface area is 131 Å². The Bertz CT molecular complexity index is 562. The van der Waals surface area contributed by atoms with Crippen LogP contribution in [0.15, 0.2) is 24.3 Å². The topological polar surface area (TPSA) is 61.4 Å². The van der Waals surface area contributed by atoms with Crippen LogP contribution < -0.4 is 15.5 Å². The lowest BCUT2D eigenvalue weighted by atomic mass is 9.93. The van der Waals surface area contributed by atoms with Crippen LogP contribution in [0.25, 0.3) is 0 Å². The third kappa shape index (κ3) is 2.73. The van der Waals surface area contributed by atoms with Crippen molar-refractivity contribution in [1.82, 2.24) is 5.32 Å². The van der Waals surface area contributed by atoms with Gasteiger partial charge in [-0.25, -0.2) is 0 Å². The van der Waals surface area contributed by atoms with Crippen molar-refractivity contribution in [2.45, 2.75) is 44.6 Å². The minimum atomic E-state index is -0.427. The molecule has 5 heteroatoms. The predicted molar refractivity (Wildman–Crippen MR) is 86.9 cm³/mol. The molecule has 0 aliphatic carbocycles. The number of hydrogen-bond donors (Lipinski definition) is 2. The SMILES string of the molecule is CCC1(C(=O)Nc2ccc(N3CCCC3=O)cc2)CCCN1. The fourth-order valence-corrected chi connectivity index (χ4v) is 3.36. The van der Waals surface area contributed by atoms with E-state index in [1.807, 2.05) is 31.2 Å². The zero-order valence-corrected chi connectivity index (χ0v) is 13.0. The van der Waals surface area contributed by atoms with E-state index in [-0.39, 0.29) is 11.8 Å². The van der Waals surface area contributed by atoms with Gasteiger partial charge in [-0.15, -0.1) is 0 Å². The number of hydrogen-bond acceptors (Lipinski definition) is 3. The summed E-state index contributed by atoms with van der Waals surface area (Å²) < 4.78 is 0. The highest BCUT2D eigenvalue weighted by Gasteiger charge is 2.39. The summed E-state index contributed by atoms with van der Waals surface area (Å²) in [4.78, 5) is 26.1. The van der Waals surface area contributed by atoms with Crippen molar-refractivity contribution in [3.05, 3.63) is 24.3 Å². The minimum Gasteiger partial charge on any atom is -0.324 e. The van der Waals surface area contributed by atoms with Crippen molar-refractivity contribution in [2.75, 3.05) is 23.3 Å². The van der Waals surface area contributed by atoms with Crippen LogP contribution in [0.1, 0.15) is 39.0 Å². The highest BCUT2D eigenvalue weighted by Crippen LogP contribution is 2.26. The van der Waals surface area contributed by atoms with Gasteiger partial charge in [0.25, 0.3) is 0 Å². The van der Waals surface area contributed by atoms with Gasteiger partial charge in [-0.05, 0) is 56.5 Å². The molecule has 0 saturated carbocycles. The Balaban J connectivity index is 1.68. The molecule has 0 radical (unpaired) electrons. The second-order valence-corrected chi connectivity index (χ2v) is 6.12. The molecule has 118 valence electrons. The second kappa shape index (κ2) is 6.08. The first-order chi connectivity index (χ1) is 10.6. The predicted octanol–water partition coefficient (Wildman–Crippen LogP) is 2.28. The zero-order valence-electron chi connectivity index (χ0n) is 13.0. The maximum atomic E-state index is 12.5. The van der Waals surface area contributed by atoms with Gasteiger partial charge in [-0.2, -0.15) is 0 Å². The van der Waals surface area contributed by atoms with E-state index in [0.29, 0.717) is 6.42 Å². The molecule has 2 amide bonds. The number of nitrogens with zero attached hydrogens (tertiary/aromatic N) is 1. The summed E-state index contributed by atoms with van der Waals surface area (Å²) in [6.45, 7) is 3.73. The standard InChI is InChI=1S/C17H23N3O2/c1-2-17(10-4-11-18-17)16(22)19-13-6-8-14(9-7-13)20-12-3-5-15(20)21/h6-9,18H,2-5,10-12H2,1H3,(H,19,22). The lowest BCUT2D eigenvalue weighted by Crippen LogP contribution is -2.50. The number of anilines is 2. The molecule has 1 atom stereocenters. The van der Waals surface area contributed by atoms with Gasteiger partial charge in [0, 0.05) is 24.3 Å². The first-order valence-corrected chi connectivity index (χ1v) is 8.11. The molecular formula is C17H23N3O2. The summed E-state index contributed by atoms with van der Waals surface area (Å²) in [5.74, 6) is 0.217. The molecule has 2 heterocycles. The zero-order chi connectivity index (χ0) is 15.6. The van der Waals surface area contributed by atoms with Crippen LogP contribution in [0, 0.1) is 0 Å². The molecule has 5 nitrogen and oxygen atoms in total. The Morgan fingerprint density at radius 2 is 2.09 bits per heavy atom. The average molecular weight is 301 g/mol. The number of amides is 2. The Hall–Kier alpha value is -1.88. The molecule has 22 heavy (non-hydrogen) atoms. The Morgan fingerprint density at radius 1 is 1.32 bits per heavy atom. The van der Waals surface area contributed by atoms with E-state index in [9.17, 15) is 9.59 Å². The van der Waals surface area contributed by atoms with E-state index in [0.717, 1.165) is 50.1 Å². The molecule has 3 rings (SSSR count). The Morgan fingerprint density at radius 3 is 2.64 bits per heavy atom. The quantitative estimate of drug-likeness (QED) is 0.897. The van der Waals surface area contributed by atoms with Crippen LogP contribution in [-0.2, 0) is 9.59 Å². The van der Waals surface area contributed by atoms with E-state index in [4.69, 9.17) is 0 Å². The van der Waals surface area contributed by atoms with Gasteiger partial charge in [-0.1, -0.05) is 6.92 Å². The van der Waals surface area contributed by atoms with E-state index in [1.54, 1.807) is 4.90 Å². The lowest BCUT2D eigenvalue weighted by molar-refractivity contribution is -0.122. The summed E-state index contributed by atoms with van der Waals surface area (Å²) in [7, 11) is 0. The molecule has 0 spiro atoms. The maximum Gasteiger partial charge on any atom is 0.244 e. The van der Waals surface area contributed by atoms with E-state index in [1.165, 1.54) is 0 Å². The summed E-state index contributed by atoms with van der Waals surface area (Å²) in [5, 5.41) is 6.34. The number of benzene rings is 1. The summed E-state index contributed by atoms with van der Waals surface area (Å²) in [5.41, 5.74) is 1.26. The molecule has 2 fully saturated rings. The third-order valence-electron chi connectivity index (χ3n) is 4.79. The molecule has 1 unspecified atom stereocenters. The molecule has 0 bridgehead atoms. The van der Waals surface area contributed by atoms with Gasteiger partial charge in [-0.3, -0.25) is 9.59 Å². The largest absolute Gasteiger partial charge is 0.324 e. The van der Waals surface area contributed by atoms with Crippen molar-refractivity contribution in [3.8, 4) is 0 Å². The van der Waals surface area contributed by atoms with Crippen LogP contribution in [0.3, 0.4) is 0 Å². The van der Waals surface area contributed by atoms with Gasteiger partial charge in [0.05, 0.1) is 5.54 Å². The molecule has 1 aromatic rings. The molecule has 0 aromatic heterocycles. The third-order valence-corrected chi connectivity index (χ3v) is 4.79. The van der Waals surface area contributed by atoms with Crippen LogP contribution in [0.4, 0.5) is 11.4 Å². The van der Waals surface area contributed by atoms with Crippen molar-refractivity contribution >= 4 is 23.2 Å². The van der Waals surface area contributed by atoms with Crippen molar-refractivity contribution in [1.29, 1.82) is 0 Å². The fraction of sp³-hybridized carbons (Fsp3) is 0.529. The molecule has 2 aliphatic heterocycles. The van der Waals surface area contributed by atoms with Crippen molar-refractivity contribution in [3.63, 3.8) is 0 Å². The van der Waals surface area contributed by atoms with Gasteiger partial charge < -0.3 is 15.5 Å². The maximum absolute atomic E-state index is 12.5. The van der Waals surface area contributed by atoms with Crippen LogP contribution in [0.2, 0.25) is 0 Å². The first kappa shape index (κ1) is 15.0. The monoisotopic (exact) mass is 301 g/mol. The molecule has 1 aromatic carbocycles. The number of carbonyl (C=O) groups is 2. The number of rotatable bonds is 4. The van der Waals surface area contributed by atoms with E-state index < -0.39 is 5.54 Å². The first-order valence-electron chi connectivity index (χ1n) is 8.11. The van der Waals surface area contributed by atoms with Crippen LogP contribution in [-0.4, -0.2) is 30.4 Å². The summed E-state index contributed by atoms with van der Waals surface area (Å²) in [6.07, 6.45) is 4.26. The van der Waals surface area contributed by atoms with Crippen LogP contribution in [0.5, 0.6) is 0 Å². The fourth-order valence-electron chi connectivity index (χ4n) is 3.36. The molecule has 2 saturated heterocycles. The molecule has 2 N–H and O–H groups in total. The second-order valence-electron chi connectivity index (χ2n) is 6.12. The van der Waals surface area contributed by atoms with Gasteiger partial charge >= 0.3 is 0 Å². The van der Waals surface area contributed by atoms with Gasteiger partial charge in [0.1, 0.15) is 0 Å². The molecule has 2 aliphatic rings. The van der Waals surface area contributed by atoms with Gasteiger partial charge in [0.15, 0.2) is 0 Å². The van der Waals surface area contributed by atoms with Crippen molar-refractivity contribution in [2.24, 2.45) is 0 Å². The summed E-state index contributed by atoms with van der Waals surface area (Å²) >= 11 is 0. The normalized spacial score (nSPS) is 24.8. The lowest BCUT2D eigenvalue weighted by Gasteiger charge is -2.26.